The monoisotopic (exact) mass is 347 g/mol. The fourth-order valence-corrected chi connectivity index (χ4v) is 2.50. The summed E-state index contributed by atoms with van der Waals surface area (Å²) in [6.07, 6.45) is 0. The SMILES string of the molecule is COc1cc2nc(Nc3cccc(Br)c3)[nH]c2cc1OC. The minimum absolute atomic E-state index is 0.658. The minimum atomic E-state index is 0.658. The molecule has 0 bridgehead atoms. The second kappa shape index (κ2) is 5.65. The van der Waals surface area contributed by atoms with Crippen LogP contribution in [0.5, 0.6) is 11.5 Å². The lowest BCUT2D eigenvalue weighted by Crippen LogP contribution is -1.91. The number of aromatic nitrogens is 2. The number of methoxy groups -OCH3 is 2. The van der Waals surface area contributed by atoms with E-state index in [2.05, 4.69) is 31.2 Å². The molecule has 2 aromatic carbocycles. The van der Waals surface area contributed by atoms with Gasteiger partial charge in [-0.05, 0) is 18.2 Å². The Labute approximate surface area is 130 Å². The summed E-state index contributed by atoms with van der Waals surface area (Å²) in [5, 5.41) is 3.23. The van der Waals surface area contributed by atoms with Gasteiger partial charge in [-0.3, -0.25) is 0 Å². The molecular formula is C15H14BrN3O2. The van der Waals surface area contributed by atoms with Crippen LogP contribution in [0.2, 0.25) is 0 Å². The average Bonchev–Trinajstić information content (AvgIpc) is 2.86. The van der Waals surface area contributed by atoms with Gasteiger partial charge >= 0.3 is 0 Å². The number of imidazole rings is 1. The summed E-state index contributed by atoms with van der Waals surface area (Å²) in [4.78, 5) is 7.72. The Morgan fingerprint density at radius 2 is 1.86 bits per heavy atom. The number of H-pyrrole nitrogens is 1. The third-order valence-electron chi connectivity index (χ3n) is 3.07. The van der Waals surface area contributed by atoms with Gasteiger partial charge in [-0.1, -0.05) is 22.0 Å². The molecule has 0 unspecified atom stereocenters. The molecule has 0 aliphatic carbocycles. The number of fused-ring (bicyclic) bond motifs is 1. The first-order valence-corrected chi connectivity index (χ1v) is 7.13. The van der Waals surface area contributed by atoms with E-state index in [4.69, 9.17) is 9.47 Å². The van der Waals surface area contributed by atoms with Crippen LogP contribution in [0.4, 0.5) is 11.6 Å². The lowest BCUT2D eigenvalue weighted by atomic mass is 10.3. The molecule has 1 aromatic heterocycles. The van der Waals surface area contributed by atoms with Gasteiger partial charge in [0.15, 0.2) is 11.5 Å². The summed E-state index contributed by atoms with van der Waals surface area (Å²) in [6, 6.07) is 11.6. The molecule has 2 N–H and O–H groups in total. The molecule has 0 radical (unpaired) electrons. The Bertz CT molecular complexity index is 745. The minimum Gasteiger partial charge on any atom is -0.493 e. The van der Waals surface area contributed by atoms with Gasteiger partial charge in [0.2, 0.25) is 5.95 Å². The van der Waals surface area contributed by atoms with E-state index in [1.807, 2.05) is 36.4 Å². The van der Waals surface area contributed by atoms with E-state index in [-0.39, 0.29) is 0 Å². The number of hydrogen-bond acceptors (Lipinski definition) is 4. The average molecular weight is 348 g/mol. The summed E-state index contributed by atoms with van der Waals surface area (Å²) in [5.74, 6) is 1.99. The summed E-state index contributed by atoms with van der Waals surface area (Å²) in [5.41, 5.74) is 2.64. The molecule has 0 aliphatic rings. The van der Waals surface area contributed by atoms with Crippen molar-refractivity contribution in [1.82, 2.24) is 9.97 Å². The number of nitrogens with one attached hydrogen (secondary N) is 2. The molecule has 0 aliphatic heterocycles. The number of halogens is 1. The summed E-state index contributed by atoms with van der Waals surface area (Å²) in [6.45, 7) is 0. The van der Waals surface area contributed by atoms with E-state index >= 15 is 0 Å². The number of anilines is 2. The largest absolute Gasteiger partial charge is 0.493 e. The van der Waals surface area contributed by atoms with E-state index in [9.17, 15) is 0 Å². The number of benzene rings is 2. The van der Waals surface area contributed by atoms with Crippen molar-refractivity contribution in [3.8, 4) is 11.5 Å². The van der Waals surface area contributed by atoms with Gasteiger partial charge in [0.1, 0.15) is 0 Å². The molecular weight excluding hydrogens is 334 g/mol. The molecule has 3 rings (SSSR count). The lowest BCUT2D eigenvalue weighted by Gasteiger charge is -2.06. The van der Waals surface area contributed by atoms with Crippen LogP contribution in [0, 0.1) is 0 Å². The second-order valence-electron chi connectivity index (χ2n) is 4.45. The van der Waals surface area contributed by atoms with Crippen LogP contribution in [0.3, 0.4) is 0 Å². The lowest BCUT2D eigenvalue weighted by molar-refractivity contribution is 0.356. The highest BCUT2D eigenvalue weighted by atomic mass is 79.9. The van der Waals surface area contributed by atoms with E-state index in [1.54, 1.807) is 14.2 Å². The van der Waals surface area contributed by atoms with Gasteiger partial charge in [0, 0.05) is 22.3 Å². The van der Waals surface area contributed by atoms with E-state index in [0.717, 1.165) is 21.2 Å². The van der Waals surface area contributed by atoms with Gasteiger partial charge in [-0.25, -0.2) is 4.98 Å². The number of hydrogen-bond donors (Lipinski definition) is 2. The number of aromatic amines is 1. The van der Waals surface area contributed by atoms with Gasteiger partial charge in [-0.2, -0.15) is 0 Å². The Hall–Kier alpha value is -2.21. The molecule has 0 saturated carbocycles. The summed E-state index contributed by atoms with van der Waals surface area (Å²) < 4.78 is 11.6. The highest BCUT2D eigenvalue weighted by Gasteiger charge is 2.10. The Balaban J connectivity index is 1.97. The first-order valence-electron chi connectivity index (χ1n) is 6.34. The zero-order valence-electron chi connectivity index (χ0n) is 11.6. The molecule has 21 heavy (non-hydrogen) atoms. The molecule has 0 amide bonds. The van der Waals surface area contributed by atoms with Crippen molar-refractivity contribution in [3.05, 3.63) is 40.9 Å². The smallest absolute Gasteiger partial charge is 0.205 e. The fraction of sp³-hybridized carbons (Fsp3) is 0.133. The van der Waals surface area contributed by atoms with Gasteiger partial charge < -0.3 is 19.8 Å². The maximum Gasteiger partial charge on any atom is 0.205 e. The fourth-order valence-electron chi connectivity index (χ4n) is 2.10. The zero-order valence-corrected chi connectivity index (χ0v) is 13.2. The third kappa shape index (κ3) is 2.80. The van der Waals surface area contributed by atoms with Gasteiger partial charge in [0.05, 0.1) is 25.3 Å². The number of nitrogens with zero attached hydrogens (tertiary/aromatic N) is 1. The van der Waals surface area contributed by atoms with Crippen molar-refractivity contribution < 1.29 is 9.47 Å². The predicted molar refractivity (Wildman–Crippen MR) is 86.6 cm³/mol. The highest BCUT2D eigenvalue weighted by Crippen LogP contribution is 2.32. The maximum absolute atomic E-state index is 5.29. The van der Waals surface area contributed by atoms with Crippen molar-refractivity contribution in [2.24, 2.45) is 0 Å². The molecule has 3 aromatic rings. The molecule has 0 spiro atoms. The van der Waals surface area contributed by atoms with Crippen LogP contribution in [0.25, 0.3) is 11.0 Å². The van der Waals surface area contributed by atoms with Crippen molar-refractivity contribution >= 4 is 38.6 Å². The first-order chi connectivity index (χ1) is 10.2. The van der Waals surface area contributed by atoms with Crippen LogP contribution in [0.15, 0.2) is 40.9 Å². The van der Waals surface area contributed by atoms with Crippen molar-refractivity contribution in [2.45, 2.75) is 0 Å². The van der Waals surface area contributed by atoms with Crippen LogP contribution >= 0.6 is 15.9 Å². The highest BCUT2D eigenvalue weighted by molar-refractivity contribution is 9.10. The standard InChI is InChI=1S/C15H14BrN3O2/c1-20-13-7-11-12(8-14(13)21-2)19-15(18-11)17-10-5-3-4-9(16)6-10/h3-8H,1-2H3,(H2,17,18,19). The van der Waals surface area contributed by atoms with Crippen molar-refractivity contribution in [3.63, 3.8) is 0 Å². The molecule has 0 saturated heterocycles. The number of rotatable bonds is 4. The quantitative estimate of drug-likeness (QED) is 0.746. The molecule has 6 heteroatoms. The van der Waals surface area contributed by atoms with Crippen LogP contribution in [0.1, 0.15) is 0 Å². The topological polar surface area (TPSA) is 59.2 Å². The van der Waals surface area contributed by atoms with Gasteiger partial charge in [0.25, 0.3) is 0 Å². The van der Waals surface area contributed by atoms with Gasteiger partial charge in [-0.15, -0.1) is 0 Å². The number of ether oxygens (including phenoxy) is 2. The summed E-state index contributed by atoms with van der Waals surface area (Å²) >= 11 is 3.44. The van der Waals surface area contributed by atoms with Crippen LogP contribution in [-0.2, 0) is 0 Å². The molecule has 0 atom stereocenters. The van der Waals surface area contributed by atoms with Crippen molar-refractivity contribution in [2.75, 3.05) is 19.5 Å². The first kappa shape index (κ1) is 13.8. The van der Waals surface area contributed by atoms with Crippen LogP contribution in [-0.4, -0.2) is 24.2 Å². The Morgan fingerprint density at radius 1 is 1.10 bits per heavy atom. The summed E-state index contributed by atoms with van der Waals surface area (Å²) in [7, 11) is 3.22. The Morgan fingerprint density at radius 3 is 2.57 bits per heavy atom. The zero-order chi connectivity index (χ0) is 14.8. The molecule has 0 fully saturated rings. The van der Waals surface area contributed by atoms with Crippen LogP contribution < -0.4 is 14.8 Å². The Kier molecular flexibility index (Phi) is 3.70. The third-order valence-corrected chi connectivity index (χ3v) is 3.57. The molecule has 108 valence electrons. The van der Waals surface area contributed by atoms with E-state index in [0.29, 0.717) is 17.4 Å². The van der Waals surface area contributed by atoms with Crippen molar-refractivity contribution in [1.29, 1.82) is 0 Å². The molecule has 1 heterocycles. The normalized spacial score (nSPS) is 10.6. The van der Waals surface area contributed by atoms with E-state index in [1.165, 1.54) is 0 Å². The second-order valence-corrected chi connectivity index (χ2v) is 5.36. The maximum atomic E-state index is 5.29. The molecule has 5 nitrogen and oxygen atoms in total. The predicted octanol–water partition coefficient (Wildman–Crippen LogP) is 4.09. The van der Waals surface area contributed by atoms with E-state index < -0.39 is 0 Å².